The molecule has 0 bridgehead atoms. The Balaban J connectivity index is 2.77. The Hall–Kier alpha value is -1.48. The van der Waals surface area contributed by atoms with Crippen molar-refractivity contribution in [3.05, 3.63) is 34.5 Å². The van der Waals surface area contributed by atoms with Gasteiger partial charge in [-0.2, -0.15) is 0 Å². The molecule has 16 heavy (non-hydrogen) atoms. The number of fused-ring (bicyclic) bond motifs is 1. The van der Waals surface area contributed by atoms with Crippen LogP contribution < -0.4 is 0 Å². The molecular weight excluding hydrogens is 226 g/mol. The Kier molecular flexibility index (Phi) is 2.64. The molecule has 0 aliphatic carbocycles. The summed E-state index contributed by atoms with van der Waals surface area (Å²) in [5, 5.41) is 10.3. The lowest BCUT2D eigenvalue weighted by atomic mass is 10.1. The van der Waals surface area contributed by atoms with Gasteiger partial charge in [-0.15, -0.1) is 0 Å². The van der Waals surface area contributed by atoms with E-state index in [0.29, 0.717) is 5.02 Å². The molecule has 0 unspecified atom stereocenters. The quantitative estimate of drug-likeness (QED) is 0.873. The summed E-state index contributed by atoms with van der Waals surface area (Å²) >= 11 is 6.12. The Morgan fingerprint density at radius 3 is 2.81 bits per heavy atom. The molecule has 0 saturated heterocycles. The van der Waals surface area contributed by atoms with Crippen molar-refractivity contribution in [3.8, 4) is 0 Å². The Morgan fingerprint density at radius 2 is 2.19 bits per heavy atom. The molecule has 0 atom stereocenters. The van der Waals surface area contributed by atoms with E-state index in [-0.39, 0.29) is 6.42 Å². The number of rotatable bonds is 2. The zero-order valence-electron chi connectivity index (χ0n) is 9.12. The first-order valence-electron chi connectivity index (χ1n) is 4.95. The van der Waals surface area contributed by atoms with Gasteiger partial charge in [0.05, 0.1) is 17.0 Å². The predicted molar refractivity (Wildman–Crippen MR) is 64.0 cm³/mol. The van der Waals surface area contributed by atoms with Crippen molar-refractivity contribution in [2.45, 2.75) is 13.3 Å². The normalized spacial score (nSPS) is 10.9. The molecule has 0 fully saturated rings. The summed E-state index contributed by atoms with van der Waals surface area (Å²) in [6, 6.07) is 3.75. The number of hydrogen-bond acceptors (Lipinski definition) is 1. The molecule has 0 spiro atoms. The second kappa shape index (κ2) is 3.83. The van der Waals surface area contributed by atoms with E-state index in [0.717, 1.165) is 22.0 Å². The fraction of sp³-hybridized carbons (Fsp3) is 0.250. The van der Waals surface area contributed by atoms with Gasteiger partial charge in [0, 0.05) is 18.6 Å². The van der Waals surface area contributed by atoms with E-state index in [9.17, 15) is 4.79 Å². The third-order valence-corrected chi connectivity index (χ3v) is 3.01. The lowest BCUT2D eigenvalue weighted by Gasteiger charge is -2.02. The Labute approximate surface area is 98.3 Å². The molecule has 1 N–H and O–H groups in total. The molecule has 1 heterocycles. The summed E-state index contributed by atoms with van der Waals surface area (Å²) in [7, 11) is 1.90. The Bertz CT molecular complexity index is 572. The van der Waals surface area contributed by atoms with E-state index in [2.05, 4.69) is 0 Å². The zero-order valence-corrected chi connectivity index (χ0v) is 9.88. The predicted octanol–water partition coefficient (Wildman–Crippen LogP) is 2.77. The van der Waals surface area contributed by atoms with Crippen LogP contribution in [0.25, 0.3) is 10.9 Å². The maximum absolute atomic E-state index is 10.8. The van der Waals surface area contributed by atoms with Crippen molar-refractivity contribution < 1.29 is 9.90 Å². The van der Waals surface area contributed by atoms with Crippen LogP contribution in [0.2, 0.25) is 5.02 Å². The molecule has 0 radical (unpaired) electrons. The van der Waals surface area contributed by atoms with Gasteiger partial charge in [-0.25, -0.2) is 0 Å². The van der Waals surface area contributed by atoms with Crippen LogP contribution in [0.3, 0.4) is 0 Å². The molecule has 2 aromatic rings. The van der Waals surface area contributed by atoms with E-state index < -0.39 is 5.97 Å². The first-order chi connectivity index (χ1) is 7.50. The molecule has 1 aromatic carbocycles. The van der Waals surface area contributed by atoms with Gasteiger partial charge < -0.3 is 9.67 Å². The van der Waals surface area contributed by atoms with Crippen molar-refractivity contribution in [2.75, 3.05) is 0 Å². The summed E-state index contributed by atoms with van der Waals surface area (Å²) in [5.41, 5.74) is 2.86. The largest absolute Gasteiger partial charge is 0.481 e. The van der Waals surface area contributed by atoms with E-state index in [1.807, 2.05) is 36.9 Å². The van der Waals surface area contributed by atoms with Crippen LogP contribution >= 0.6 is 11.6 Å². The molecule has 0 aliphatic rings. The van der Waals surface area contributed by atoms with Gasteiger partial charge in [-0.05, 0) is 24.1 Å². The summed E-state index contributed by atoms with van der Waals surface area (Å²) in [6.07, 6.45) is 1.83. The van der Waals surface area contributed by atoms with E-state index in [1.165, 1.54) is 0 Å². The highest BCUT2D eigenvalue weighted by Gasteiger charge is 2.14. The lowest BCUT2D eigenvalue weighted by Crippen LogP contribution is -1.99. The number of halogens is 1. The Morgan fingerprint density at radius 1 is 1.50 bits per heavy atom. The van der Waals surface area contributed by atoms with Crippen LogP contribution in [0, 0.1) is 6.92 Å². The number of hydrogen-bond donors (Lipinski definition) is 1. The van der Waals surface area contributed by atoms with Crippen molar-refractivity contribution in [1.82, 2.24) is 4.57 Å². The van der Waals surface area contributed by atoms with Crippen LogP contribution in [0.4, 0.5) is 0 Å². The SMILES string of the molecule is Cc1ccc(Cl)c2c(CC(=O)O)cn(C)c12. The maximum atomic E-state index is 10.8. The van der Waals surface area contributed by atoms with Gasteiger partial charge in [0.25, 0.3) is 0 Å². The molecule has 84 valence electrons. The van der Waals surface area contributed by atoms with Crippen molar-refractivity contribution in [2.24, 2.45) is 7.05 Å². The van der Waals surface area contributed by atoms with Crippen molar-refractivity contribution in [1.29, 1.82) is 0 Å². The van der Waals surface area contributed by atoms with Crippen molar-refractivity contribution in [3.63, 3.8) is 0 Å². The minimum Gasteiger partial charge on any atom is -0.481 e. The number of nitrogens with zero attached hydrogens (tertiary/aromatic N) is 1. The number of carbonyl (C=O) groups is 1. The number of aliphatic carboxylic acids is 1. The number of carboxylic acid groups (broad SMARTS) is 1. The van der Waals surface area contributed by atoms with E-state index in [4.69, 9.17) is 16.7 Å². The smallest absolute Gasteiger partial charge is 0.307 e. The van der Waals surface area contributed by atoms with Crippen molar-refractivity contribution >= 4 is 28.5 Å². The monoisotopic (exact) mass is 237 g/mol. The van der Waals surface area contributed by atoms with Gasteiger partial charge in [0.15, 0.2) is 0 Å². The maximum Gasteiger partial charge on any atom is 0.307 e. The summed E-state index contributed by atoms with van der Waals surface area (Å²) in [6.45, 7) is 1.99. The lowest BCUT2D eigenvalue weighted by molar-refractivity contribution is -0.136. The third kappa shape index (κ3) is 1.67. The van der Waals surface area contributed by atoms with Crippen LogP contribution in [-0.4, -0.2) is 15.6 Å². The minimum absolute atomic E-state index is 0.000509. The molecule has 0 saturated carbocycles. The standard InChI is InChI=1S/C12H12ClNO2/c1-7-3-4-9(13)11-8(5-10(15)16)6-14(2)12(7)11/h3-4,6H,5H2,1-2H3,(H,15,16). The number of benzene rings is 1. The number of aryl methyl sites for hydroxylation is 2. The highest BCUT2D eigenvalue weighted by atomic mass is 35.5. The van der Waals surface area contributed by atoms with Crippen LogP contribution in [0.1, 0.15) is 11.1 Å². The fourth-order valence-electron chi connectivity index (χ4n) is 2.09. The summed E-state index contributed by atoms with van der Waals surface area (Å²) < 4.78 is 1.93. The first kappa shape index (κ1) is 11.0. The van der Waals surface area contributed by atoms with Gasteiger partial charge >= 0.3 is 5.97 Å². The number of carboxylic acids is 1. The molecule has 2 rings (SSSR count). The highest BCUT2D eigenvalue weighted by molar-refractivity contribution is 6.36. The van der Waals surface area contributed by atoms with Gasteiger partial charge in [-0.1, -0.05) is 17.7 Å². The van der Waals surface area contributed by atoms with Crippen LogP contribution in [-0.2, 0) is 18.3 Å². The fourth-order valence-corrected chi connectivity index (χ4v) is 2.36. The molecule has 4 heteroatoms. The molecule has 0 amide bonds. The molecule has 3 nitrogen and oxygen atoms in total. The molecule has 0 aliphatic heterocycles. The number of aromatic nitrogens is 1. The van der Waals surface area contributed by atoms with Gasteiger partial charge in [-0.3, -0.25) is 4.79 Å². The minimum atomic E-state index is -0.843. The van der Waals surface area contributed by atoms with E-state index in [1.54, 1.807) is 0 Å². The van der Waals surface area contributed by atoms with Crippen LogP contribution in [0.15, 0.2) is 18.3 Å². The van der Waals surface area contributed by atoms with Crippen LogP contribution in [0.5, 0.6) is 0 Å². The highest BCUT2D eigenvalue weighted by Crippen LogP contribution is 2.30. The van der Waals surface area contributed by atoms with Gasteiger partial charge in [0.1, 0.15) is 0 Å². The summed E-state index contributed by atoms with van der Waals surface area (Å²) in [5.74, 6) is -0.843. The average molecular weight is 238 g/mol. The molecule has 1 aromatic heterocycles. The van der Waals surface area contributed by atoms with E-state index >= 15 is 0 Å². The topological polar surface area (TPSA) is 42.2 Å². The third-order valence-electron chi connectivity index (χ3n) is 2.69. The first-order valence-corrected chi connectivity index (χ1v) is 5.33. The summed E-state index contributed by atoms with van der Waals surface area (Å²) in [4.78, 5) is 10.8. The zero-order chi connectivity index (χ0) is 11.9. The second-order valence-electron chi connectivity index (χ2n) is 3.92. The van der Waals surface area contributed by atoms with Gasteiger partial charge in [0.2, 0.25) is 0 Å². The second-order valence-corrected chi connectivity index (χ2v) is 4.33. The average Bonchev–Trinajstić information content (AvgIpc) is 2.49. The molecular formula is C12H12ClNO2.